The molecule has 0 saturated carbocycles. The SMILES string of the molecule is CC(C)C(=O)N(C)CC1=CC=CCC1. The van der Waals surface area contributed by atoms with E-state index < -0.39 is 0 Å². The molecule has 14 heavy (non-hydrogen) atoms. The maximum absolute atomic E-state index is 11.6. The Bertz CT molecular complexity index is 263. The third kappa shape index (κ3) is 3.02. The Hall–Kier alpha value is -1.05. The van der Waals surface area contributed by atoms with E-state index in [2.05, 4.69) is 18.2 Å². The summed E-state index contributed by atoms with van der Waals surface area (Å²) in [5, 5.41) is 0. The van der Waals surface area contributed by atoms with Crippen molar-refractivity contribution in [1.29, 1.82) is 0 Å². The molecule has 1 rings (SSSR count). The highest BCUT2D eigenvalue weighted by Gasteiger charge is 2.13. The molecule has 2 nitrogen and oxygen atoms in total. The van der Waals surface area contributed by atoms with Crippen molar-refractivity contribution >= 4 is 5.91 Å². The summed E-state index contributed by atoms with van der Waals surface area (Å²) in [6.45, 7) is 4.66. The van der Waals surface area contributed by atoms with Gasteiger partial charge in [0.2, 0.25) is 5.91 Å². The second kappa shape index (κ2) is 4.99. The molecule has 1 aliphatic rings. The summed E-state index contributed by atoms with van der Waals surface area (Å²) in [5.74, 6) is 0.320. The smallest absolute Gasteiger partial charge is 0.225 e. The van der Waals surface area contributed by atoms with Crippen LogP contribution >= 0.6 is 0 Å². The zero-order chi connectivity index (χ0) is 10.6. The molecule has 0 fully saturated rings. The van der Waals surface area contributed by atoms with Crippen LogP contribution in [-0.2, 0) is 4.79 Å². The van der Waals surface area contributed by atoms with Gasteiger partial charge in [-0.05, 0) is 12.8 Å². The van der Waals surface area contributed by atoms with E-state index in [1.165, 1.54) is 5.57 Å². The molecule has 0 atom stereocenters. The average Bonchev–Trinajstić information content (AvgIpc) is 2.18. The van der Waals surface area contributed by atoms with E-state index in [0.29, 0.717) is 0 Å². The van der Waals surface area contributed by atoms with E-state index in [4.69, 9.17) is 0 Å². The van der Waals surface area contributed by atoms with Crippen LogP contribution in [0.5, 0.6) is 0 Å². The van der Waals surface area contributed by atoms with Crippen molar-refractivity contribution < 1.29 is 4.79 Å². The summed E-state index contributed by atoms with van der Waals surface area (Å²) in [7, 11) is 1.88. The van der Waals surface area contributed by atoms with E-state index >= 15 is 0 Å². The summed E-state index contributed by atoms with van der Waals surface area (Å²) in [6.07, 6.45) is 8.55. The fourth-order valence-electron chi connectivity index (χ4n) is 1.61. The Labute approximate surface area is 86.3 Å². The summed E-state index contributed by atoms with van der Waals surface area (Å²) < 4.78 is 0. The van der Waals surface area contributed by atoms with Crippen LogP contribution in [0.1, 0.15) is 26.7 Å². The van der Waals surface area contributed by atoms with Crippen LogP contribution < -0.4 is 0 Å². The van der Waals surface area contributed by atoms with Crippen molar-refractivity contribution in [2.45, 2.75) is 26.7 Å². The molecule has 0 saturated heterocycles. The molecule has 0 heterocycles. The number of hydrogen-bond donors (Lipinski definition) is 0. The lowest BCUT2D eigenvalue weighted by molar-refractivity contribution is -0.132. The first-order chi connectivity index (χ1) is 6.61. The van der Waals surface area contributed by atoms with Crippen LogP contribution in [0.25, 0.3) is 0 Å². The quantitative estimate of drug-likeness (QED) is 0.674. The maximum atomic E-state index is 11.6. The summed E-state index contributed by atoms with van der Waals surface area (Å²) in [4.78, 5) is 13.4. The molecule has 0 N–H and O–H groups in total. The number of carbonyl (C=O) groups excluding carboxylic acids is 1. The van der Waals surface area contributed by atoms with Crippen LogP contribution in [0, 0.1) is 5.92 Å². The van der Waals surface area contributed by atoms with Crippen molar-refractivity contribution in [1.82, 2.24) is 4.90 Å². The van der Waals surface area contributed by atoms with Crippen LogP contribution in [0.15, 0.2) is 23.8 Å². The highest BCUT2D eigenvalue weighted by Crippen LogP contribution is 2.13. The van der Waals surface area contributed by atoms with Gasteiger partial charge in [-0.3, -0.25) is 4.79 Å². The summed E-state index contributed by atoms with van der Waals surface area (Å²) in [6, 6.07) is 0. The number of amides is 1. The lowest BCUT2D eigenvalue weighted by Gasteiger charge is -2.21. The van der Waals surface area contributed by atoms with E-state index in [1.54, 1.807) is 0 Å². The summed E-state index contributed by atoms with van der Waals surface area (Å²) in [5.41, 5.74) is 1.35. The Balaban J connectivity index is 2.47. The molecule has 0 aliphatic heterocycles. The minimum atomic E-state index is 0.0970. The molecule has 0 bridgehead atoms. The van der Waals surface area contributed by atoms with E-state index in [1.807, 2.05) is 25.8 Å². The zero-order valence-electron chi connectivity index (χ0n) is 9.29. The van der Waals surface area contributed by atoms with Crippen LogP contribution in [-0.4, -0.2) is 24.4 Å². The predicted octanol–water partition coefficient (Wildman–Crippen LogP) is 2.38. The van der Waals surface area contributed by atoms with Gasteiger partial charge in [0.15, 0.2) is 0 Å². The number of allylic oxidation sites excluding steroid dienone is 3. The lowest BCUT2D eigenvalue weighted by Crippen LogP contribution is -2.32. The minimum Gasteiger partial charge on any atom is -0.342 e. The third-order valence-electron chi connectivity index (χ3n) is 2.41. The first-order valence-electron chi connectivity index (χ1n) is 5.21. The predicted molar refractivity (Wildman–Crippen MR) is 58.9 cm³/mol. The van der Waals surface area contributed by atoms with Gasteiger partial charge in [0.1, 0.15) is 0 Å². The first-order valence-corrected chi connectivity index (χ1v) is 5.21. The van der Waals surface area contributed by atoms with Crippen molar-refractivity contribution in [3.05, 3.63) is 23.8 Å². The number of rotatable bonds is 3. The largest absolute Gasteiger partial charge is 0.342 e. The fraction of sp³-hybridized carbons (Fsp3) is 0.583. The lowest BCUT2D eigenvalue weighted by atomic mass is 10.0. The molecule has 78 valence electrons. The van der Waals surface area contributed by atoms with Crippen LogP contribution in [0.2, 0.25) is 0 Å². The maximum Gasteiger partial charge on any atom is 0.225 e. The van der Waals surface area contributed by atoms with E-state index in [-0.39, 0.29) is 11.8 Å². The topological polar surface area (TPSA) is 20.3 Å². The molecule has 0 radical (unpaired) electrons. The fourth-order valence-corrected chi connectivity index (χ4v) is 1.61. The Morgan fingerprint density at radius 2 is 2.29 bits per heavy atom. The van der Waals surface area contributed by atoms with Gasteiger partial charge >= 0.3 is 0 Å². The molecule has 0 unspecified atom stereocenters. The van der Waals surface area contributed by atoms with Gasteiger partial charge in [0, 0.05) is 19.5 Å². The van der Waals surface area contributed by atoms with Gasteiger partial charge in [-0.15, -0.1) is 0 Å². The summed E-state index contributed by atoms with van der Waals surface area (Å²) >= 11 is 0. The number of nitrogens with zero attached hydrogens (tertiary/aromatic N) is 1. The Morgan fingerprint density at radius 3 is 2.79 bits per heavy atom. The van der Waals surface area contributed by atoms with Gasteiger partial charge in [0.25, 0.3) is 0 Å². The van der Waals surface area contributed by atoms with Crippen molar-refractivity contribution in [2.24, 2.45) is 5.92 Å². The molecule has 0 aromatic carbocycles. The normalized spacial score (nSPS) is 15.6. The Morgan fingerprint density at radius 1 is 1.57 bits per heavy atom. The van der Waals surface area contributed by atoms with Gasteiger partial charge in [-0.2, -0.15) is 0 Å². The highest BCUT2D eigenvalue weighted by molar-refractivity contribution is 5.78. The molecular weight excluding hydrogens is 174 g/mol. The van der Waals surface area contributed by atoms with Gasteiger partial charge < -0.3 is 4.90 Å². The average molecular weight is 193 g/mol. The van der Waals surface area contributed by atoms with Gasteiger partial charge in [-0.25, -0.2) is 0 Å². The number of hydrogen-bond acceptors (Lipinski definition) is 1. The van der Waals surface area contributed by atoms with Crippen LogP contribution in [0.4, 0.5) is 0 Å². The molecule has 0 aromatic heterocycles. The second-order valence-corrected chi connectivity index (χ2v) is 4.14. The molecule has 0 spiro atoms. The van der Waals surface area contributed by atoms with Crippen molar-refractivity contribution in [3.8, 4) is 0 Å². The van der Waals surface area contributed by atoms with E-state index in [0.717, 1.165) is 19.4 Å². The molecule has 1 aliphatic carbocycles. The second-order valence-electron chi connectivity index (χ2n) is 4.14. The monoisotopic (exact) mass is 193 g/mol. The molecule has 0 aromatic rings. The van der Waals surface area contributed by atoms with Gasteiger partial charge in [0.05, 0.1) is 0 Å². The van der Waals surface area contributed by atoms with Crippen LogP contribution in [0.3, 0.4) is 0 Å². The van der Waals surface area contributed by atoms with Gasteiger partial charge in [-0.1, -0.05) is 37.6 Å². The van der Waals surface area contributed by atoms with Crippen molar-refractivity contribution in [2.75, 3.05) is 13.6 Å². The number of carbonyl (C=O) groups is 1. The zero-order valence-corrected chi connectivity index (χ0v) is 9.29. The minimum absolute atomic E-state index is 0.0970. The van der Waals surface area contributed by atoms with Crippen molar-refractivity contribution in [3.63, 3.8) is 0 Å². The third-order valence-corrected chi connectivity index (χ3v) is 2.41. The van der Waals surface area contributed by atoms with E-state index in [9.17, 15) is 4.79 Å². The highest BCUT2D eigenvalue weighted by atomic mass is 16.2. The Kier molecular flexibility index (Phi) is 3.93. The molecule has 1 amide bonds. The molecular formula is C12H19NO. The molecule has 2 heteroatoms. The number of likely N-dealkylation sites (N-methyl/N-ethyl adjacent to an activating group) is 1. The first kappa shape index (κ1) is 11.0. The standard InChI is InChI=1S/C12H19NO/c1-10(2)12(14)13(3)9-11-7-5-4-6-8-11/h4-5,7,10H,6,8-9H2,1-3H3.